The maximum Gasteiger partial charge on any atom is 0.227 e. The average molecular weight is 401 g/mol. The number of rotatable bonds is 6. The van der Waals surface area contributed by atoms with Gasteiger partial charge < -0.3 is 9.84 Å². The smallest absolute Gasteiger partial charge is 0.227 e. The van der Waals surface area contributed by atoms with E-state index in [0.717, 1.165) is 16.8 Å². The number of carbonyl (C=O) groups excluding carboxylic acids is 1. The van der Waals surface area contributed by atoms with Crippen molar-refractivity contribution in [1.82, 2.24) is 10.1 Å². The summed E-state index contributed by atoms with van der Waals surface area (Å²) in [6.45, 7) is 1.68. The van der Waals surface area contributed by atoms with Crippen LogP contribution in [0.15, 0.2) is 77.3 Å². The molecular formula is C24H20FN3O2. The number of benzene rings is 3. The van der Waals surface area contributed by atoms with Gasteiger partial charge in [-0.3, -0.25) is 4.79 Å². The fourth-order valence-electron chi connectivity index (χ4n) is 3.15. The van der Waals surface area contributed by atoms with E-state index in [1.807, 2.05) is 54.6 Å². The van der Waals surface area contributed by atoms with Crippen LogP contribution in [-0.4, -0.2) is 16.0 Å². The van der Waals surface area contributed by atoms with Gasteiger partial charge in [-0.05, 0) is 42.3 Å². The van der Waals surface area contributed by atoms with Crippen molar-refractivity contribution in [3.05, 3.63) is 90.1 Å². The Kier molecular flexibility index (Phi) is 5.66. The molecule has 1 amide bonds. The van der Waals surface area contributed by atoms with Crippen molar-refractivity contribution in [2.75, 3.05) is 5.32 Å². The Morgan fingerprint density at radius 1 is 1.00 bits per heavy atom. The van der Waals surface area contributed by atoms with Crippen LogP contribution in [0.5, 0.6) is 0 Å². The SMILES string of the molecule is Cc1cc(-c2noc(CCC(=O)Nc3ccccc3-c3ccccc3)n2)ccc1F. The molecule has 4 aromatic rings. The predicted molar refractivity (Wildman–Crippen MR) is 113 cm³/mol. The number of anilines is 1. The van der Waals surface area contributed by atoms with Crippen molar-refractivity contribution in [3.8, 4) is 22.5 Å². The minimum absolute atomic E-state index is 0.143. The second-order valence-corrected chi connectivity index (χ2v) is 6.94. The summed E-state index contributed by atoms with van der Waals surface area (Å²) in [5.74, 6) is 0.312. The number of aryl methyl sites for hydroxylation is 2. The van der Waals surface area contributed by atoms with Crippen molar-refractivity contribution >= 4 is 11.6 Å². The Balaban J connectivity index is 1.41. The molecule has 0 spiro atoms. The Labute approximate surface area is 173 Å². The highest BCUT2D eigenvalue weighted by atomic mass is 19.1. The van der Waals surface area contributed by atoms with E-state index in [1.165, 1.54) is 6.07 Å². The minimum atomic E-state index is -0.282. The fourth-order valence-corrected chi connectivity index (χ4v) is 3.15. The summed E-state index contributed by atoms with van der Waals surface area (Å²) in [6.07, 6.45) is 0.514. The van der Waals surface area contributed by atoms with Crippen molar-refractivity contribution in [1.29, 1.82) is 0 Å². The Bertz CT molecular complexity index is 1170. The molecule has 0 fully saturated rings. The largest absolute Gasteiger partial charge is 0.339 e. The van der Waals surface area contributed by atoms with E-state index in [2.05, 4.69) is 15.5 Å². The molecule has 0 aliphatic carbocycles. The van der Waals surface area contributed by atoms with Crippen LogP contribution < -0.4 is 5.32 Å². The van der Waals surface area contributed by atoms with Crippen LogP contribution in [0.3, 0.4) is 0 Å². The van der Waals surface area contributed by atoms with Gasteiger partial charge in [-0.25, -0.2) is 4.39 Å². The maximum absolute atomic E-state index is 13.4. The third-order valence-electron chi connectivity index (χ3n) is 4.74. The highest BCUT2D eigenvalue weighted by molar-refractivity contribution is 5.95. The van der Waals surface area contributed by atoms with E-state index in [-0.39, 0.29) is 18.1 Å². The minimum Gasteiger partial charge on any atom is -0.339 e. The summed E-state index contributed by atoms with van der Waals surface area (Å²) in [6, 6.07) is 22.2. The number of nitrogens with one attached hydrogen (secondary N) is 1. The lowest BCUT2D eigenvalue weighted by Crippen LogP contribution is -2.13. The molecule has 0 aliphatic heterocycles. The molecule has 0 aliphatic rings. The van der Waals surface area contributed by atoms with Gasteiger partial charge in [0.2, 0.25) is 17.6 Å². The van der Waals surface area contributed by atoms with Crippen LogP contribution in [0.2, 0.25) is 0 Å². The third-order valence-corrected chi connectivity index (χ3v) is 4.74. The van der Waals surface area contributed by atoms with Gasteiger partial charge in [0.25, 0.3) is 0 Å². The first-order valence-corrected chi connectivity index (χ1v) is 9.63. The monoisotopic (exact) mass is 401 g/mol. The zero-order valence-corrected chi connectivity index (χ0v) is 16.4. The number of para-hydroxylation sites is 1. The summed E-state index contributed by atoms with van der Waals surface area (Å²) in [7, 11) is 0. The van der Waals surface area contributed by atoms with Crippen LogP contribution in [-0.2, 0) is 11.2 Å². The topological polar surface area (TPSA) is 68.0 Å². The number of nitrogens with zero attached hydrogens (tertiary/aromatic N) is 2. The van der Waals surface area contributed by atoms with Gasteiger partial charge in [0.05, 0.1) is 0 Å². The van der Waals surface area contributed by atoms with Crippen LogP contribution in [0.4, 0.5) is 10.1 Å². The predicted octanol–water partition coefficient (Wildman–Crippen LogP) is 5.42. The normalized spacial score (nSPS) is 10.7. The van der Waals surface area contributed by atoms with Crippen LogP contribution >= 0.6 is 0 Å². The summed E-state index contributed by atoms with van der Waals surface area (Å²) in [5.41, 5.74) is 3.92. The fraction of sp³-hybridized carbons (Fsp3) is 0.125. The van der Waals surface area contributed by atoms with Gasteiger partial charge in [-0.1, -0.05) is 53.7 Å². The maximum atomic E-state index is 13.4. The van der Waals surface area contributed by atoms with Crippen LogP contribution in [0.1, 0.15) is 17.9 Å². The number of hydrogen-bond acceptors (Lipinski definition) is 4. The average Bonchev–Trinajstić information content (AvgIpc) is 3.24. The second kappa shape index (κ2) is 8.69. The number of halogens is 1. The van der Waals surface area contributed by atoms with Crippen molar-refractivity contribution in [3.63, 3.8) is 0 Å². The van der Waals surface area contributed by atoms with Crippen molar-refractivity contribution < 1.29 is 13.7 Å². The molecule has 1 N–H and O–H groups in total. The van der Waals surface area contributed by atoms with E-state index in [9.17, 15) is 9.18 Å². The quantitative estimate of drug-likeness (QED) is 0.468. The third kappa shape index (κ3) is 4.43. The van der Waals surface area contributed by atoms with Gasteiger partial charge in [0.1, 0.15) is 5.82 Å². The summed E-state index contributed by atoms with van der Waals surface area (Å²) in [4.78, 5) is 16.8. The lowest BCUT2D eigenvalue weighted by molar-refractivity contribution is -0.116. The highest BCUT2D eigenvalue weighted by Crippen LogP contribution is 2.27. The molecule has 0 unspecified atom stereocenters. The van der Waals surface area contributed by atoms with E-state index < -0.39 is 0 Å². The zero-order chi connectivity index (χ0) is 20.9. The molecule has 0 radical (unpaired) electrons. The Morgan fingerprint density at radius 2 is 1.77 bits per heavy atom. The molecular weight excluding hydrogens is 381 g/mol. The van der Waals surface area contributed by atoms with E-state index in [4.69, 9.17) is 4.52 Å². The molecule has 4 rings (SSSR count). The summed E-state index contributed by atoms with van der Waals surface area (Å²) < 4.78 is 18.7. The molecule has 5 nitrogen and oxygen atoms in total. The van der Waals surface area contributed by atoms with E-state index in [0.29, 0.717) is 29.3 Å². The van der Waals surface area contributed by atoms with Crippen LogP contribution in [0, 0.1) is 12.7 Å². The molecule has 6 heteroatoms. The van der Waals surface area contributed by atoms with Gasteiger partial charge in [0, 0.05) is 29.7 Å². The van der Waals surface area contributed by atoms with E-state index >= 15 is 0 Å². The van der Waals surface area contributed by atoms with Gasteiger partial charge in [0.15, 0.2) is 0 Å². The molecule has 1 heterocycles. The molecule has 0 saturated heterocycles. The molecule has 30 heavy (non-hydrogen) atoms. The first-order valence-electron chi connectivity index (χ1n) is 9.63. The van der Waals surface area contributed by atoms with E-state index in [1.54, 1.807) is 19.1 Å². The molecule has 0 atom stereocenters. The molecule has 1 aromatic heterocycles. The first-order chi connectivity index (χ1) is 14.6. The standard InChI is InChI=1S/C24H20FN3O2/c1-16-15-18(11-12-20(16)25)24-27-23(30-28-24)14-13-22(29)26-21-10-6-5-9-19(21)17-7-3-2-4-8-17/h2-12,15H,13-14H2,1H3,(H,26,29). The number of amides is 1. The number of aromatic nitrogens is 2. The van der Waals surface area contributed by atoms with Crippen LogP contribution in [0.25, 0.3) is 22.5 Å². The Hall–Kier alpha value is -3.80. The van der Waals surface area contributed by atoms with Gasteiger partial charge in [-0.2, -0.15) is 4.98 Å². The van der Waals surface area contributed by atoms with Crippen molar-refractivity contribution in [2.45, 2.75) is 19.8 Å². The lowest BCUT2D eigenvalue weighted by Gasteiger charge is -2.11. The number of carbonyl (C=O) groups is 1. The highest BCUT2D eigenvalue weighted by Gasteiger charge is 2.13. The lowest BCUT2D eigenvalue weighted by atomic mass is 10.0. The van der Waals surface area contributed by atoms with Crippen molar-refractivity contribution in [2.24, 2.45) is 0 Å². The van der Waals surface area contributed by atoms with Gasteiger partial charge >= 0.3 is 0 Å². The number of hydrogen-bond donors (Lipinski definition) is 1. The summed E-state index contributed by atoms with van der Waals surface area (Å²) >= 11 is 0. The molecule has 150 valence electrons. The summed E-state index contributed by atoms with van der Waals surface area (Å²) in [5, 5.41) is 6.89. The molecule has 0 bridgehead atoms. The van der Waals surface area contributed by atoms with Gasteiger partial charge in [-0.15, -0.1) is 0 Å². The molecule has 3 aromatic carbocycles. The molecule has 0 saturated carbocycles. The first kappa shape index (κ1) is 19.5. The Morgan fingerprint density at radius 3 is 2.57 bits per heavy atom. The zero-order valence-electron chi connectivity index (χ0n) is 16.4. The second-order valence-electron chi connectivity index (χ2n) is 6.94.